The van der Waals surface area contributed by atoms with E-state index in [-0.39, 0.29) is 11.5 Å². The Morgan fingerprint density at radius 3 is 2.64 bits per heavy atom. The number of hydrogen-bond acceptors (Lipinski definition) is 4. The molecule has 128 valence electrons. The molecule has 0 saturated carbocycles. The predicted molar refractivity (Wildman–Crippen MR) is 80.0 cm³/mol. The molecule has 0 aromatic heterocycles. The standard InChI is InChI=1S/C15H27F2N3O2/c1-15(2,20-5-7-22-8-6-20)11-19-4-3-12(10-19)9-18-14(21)13(16)17/h12-13H,3-11H2,1-2H3,(H,18,21)/t12-/m0/s1. The summed E-state index contributed by atoms with van der Waals surface area (Å²) in [5.41, 5.74) is 0.0743. The lowest BCUT2D eigenvalue weighted by molar-refractivity contribution is -0.131. The van der Waals surface area contributed by atoms with E-state index in [0.717, 1.165) is 52.4 Å². The zero-order valence-corrected chi connectivity index (χ0v) is 13.5. The fourth-order valence-electron chi connectivity index (χ4n) is 3.36. The molecule has 1 amide bonds. The number of carbonyl (C=O) groups excluding carboxylic acids is 1. The number of carbonyl (C=O) groups is 1. The topological polar surface area (TPSA) is 44.8 Å². The van der Waals surface area contributed by atoms with Crippen molar-refractivity contribution in [2.75, 3.05) is 52.5 Å². The Kier molecular flexibility index (Phi) is 6.11. The third-order valence-corrected chi connectivity index (χ3v) is 4.61. The number of amides is 1. The number of likely N-dealkylation sites (tertiary alicyclic amines) is 1. The fourth-order valence-corrected chi connectivity index (χ4v) is 3.36. The average Bonchev–Trinajstić information content (AvgIpc) is 2.92. The summed E-state index contributed by atoms with van der Waals surface area (Å²) >= 11 is 0. The van der Waals surface area contributed by atoms with Gasteiger partial charge in [-0.3, -0.25) is 9.69 Å². The number of halogens is 2. The lowest BCUT2D eigenvalue weighted by atomic mass is 10.0. The first-order valence-corrected chi connectivity index (χ1v) is 7.99. The minimum absolute atomic E-state index is 0.0743. The third kappa shape index (κ3) is 4.86. The van der Waals surface area contributed by atoms with Gasteiger partial charge >= 0.3 is 6.43 Å². The van der Waals surface area contributed by atoms with Gasteiger partial charge in [0.1, 0.15) is 0 Å². The van der Waals surface area contributed by atoms with Crippen molar-refractivity contribution < 1.29 is 18.3 Å². The zero-order valence-electron chi connectivity index (χ0n) is 13.5. The van der Waals surface area contributed by atoms with Crippen molar-refractivity contribution in [1.82, 2.24) is 15.1 Å². The van der Waals surface area contributed by atoms with Crippen molar-refractivity contribution in [1.29, 1.82) is 0 Å². The number of hydrogen-bond donors (Lipinski definition) is 1. The molecule has 1 N–H and O–H groups in total. The van der Waals surface area contributed by atoms with Gasteiger partial charge < -0.3 is 15.0 Å². The van der Waals surface area contributed by atoms with E-state index < -0.39 is 12.3 Å². The summed E-state index contributed by atoms with van der Waals surface area (Å²) in [6.45, 7) is 11.1. The summed E-state index contributed by atoms with van der Waals surface area (Å²) in [5, 5.41) is 2.33. The van der Waals surface area contributed by atoms with E-state index >= 15 is 0 Å². The van der Waals surface area contributed by atoms with E-state index in [4.69, 9.17) is 4.74 Å². The molecule has 2 rings (SSSR count). The van der Waals surface area contributed by atoms with Gasteiger partial charge in [-0.25, -0.2) is 0 Å². The van der Waals surface area contributed by atoms with Crippen molar-refractivity contribution in [2.45, 2.75) is 32.2 Å². The van der Waals surface area contributed by atoms with Gasteiger partial charge in [0.25, 0.3) is 5.91 Å². The lowest BCUT2D eigenvalue weighted by Crippen LogP contribution is -2.55. The summed E-state index contributed by atoms with van der Waals surface area (Å²) in [6, 6.07) is 0. The Morgan fingerprint density at radius 2 is 2.00 bits per heavy atom. The van der Waals surface area contributed by atoms with E-state index in [1.807, 2.05) is 0 Å². The van der Waals surface area contributed by atoms with Crippen LogP contribution in [0.3, 0.4) is 0 Å². The molecule has 2 aliphatic rings. The van der Waals surface area contributed by atoms with Crippen LogP contribution in [-0.4, -0.2) is 80.2 Å². The maximum atomic E-state index is 12.2. The Labute approximate surface area is 131 Å². The van der Waals surface area contributed by atoms with Crippen LogP contribution < -0.4 is 5.32 Å². The fraction of sp³-hybridized carbons (Fsp3) is 0.933. The molecule has 0 unspecified atom stereocenters. The number of alkyl halides is 2. The number of nitrogens with zero attached hydrogens (tertiary/aromatic N) is 2. The van der Waals surface area contributed by atoms with Crippen LogP contribution in [0.4, 0.5) is 8.78 Å². The van der Waals surface area contributed by atoms with Crippen LogP contribution in [0, 0.1) is 5.92 Å². The predicted octanol–water partition coefficient (Wildman–Crippen LogP) is 0.800. The first kappa shape index (κ1) is 17.6. The van der Waals surface area contributed by atoms with Crippen molar-refractivity contribution >= 4 is 5.91 Å². The van der Waals surface area contributed by atoms with Crippen LogP contribution in [0.15, 0.2) is 0 Å². The zero-order chi connectivity index (χ0) is 16.2. The van der Waals surface area contributed by atoms with E-state index in [1.165, 1.54) is 0 Å². The second kappa shape index (κ2) is 7.66. The number of morpholine rings is 1. The second-order valence-electron chi connectivity index (χ2n) is 6.85. The summed E-state index contributed by atoms with van der Waals surface area (Å²) in [4.78, 5) is 15.7. The molecular weight excluding hydrogens is 292 g/mol. The molecule has 0 bridgehead atoms. The lowest BCUT2D eigenvalue weighted by Gasteiger charge is -2.43. The molecule has 0 aromatic rings. The van der Waals surface area contributed by atoms with E-state index in [1.54, 1.807) is 0 Å². The number of ether oxygens (including phenoxy) is 1. The first-order chi connectivity index (χ1) is 10.4. The first-order valence-electron chi connectivity index (χ1n) is 7.99. The SMILES string of the molecule is CC(C)(CN1CC[C@@H](CNC(=O)C(F)F)C1)N1CCOCC1. The van der Waals surface area contributed by atoms with Gasteiger partial charge in [0, 0.05) is 38.3 Å². The van der Waals surface area contributed by atoms with Crippen LogP contribution >= 0.6 is 0 Å². The minimum Gasteiger partial charge on any atom is -0.379 e. The maximum Gasteiger partial charge on any atom is 0.315 e. The second-order valence-corrected chi connectivity index (χ2v) is 6.85. The minimum atomic E-state index is -2.92. The highest BCUT2D eigenvalue weighted by Gasteiger charge is 2.33. The average molecular weight is 319 g/mol. The van der Waals surface area contributed by atoms with E-state index in [0.29, 0.717) is 6.54 Å². The van der Waals surface area contributed by atoms with Gasteiger partial charge in [-0.05, 0) is 32.7 Å². The van der Waals surface area contributed by atoms with Crippen molar-refractivity contribution in [3.05, 3.63) is 0 Å². The third-order valence-electron chi connectivity index (χ3n) is 4.61. The highest BCUT2D eigenvalue weighted by molar-refractivity contribution is 5.79. The molecule has 0 aliphatic carbocycles. The van der Waals surface area contributed by atoms with Gasteiger partial charge in [0.2, 0.25) is 0 Å². The smallest absolute Gasteiger partial charge is 0.315 e. The Balaban J connectivity index is 1.74. The Morgan fingerprint density at radius 1 is 1.32 bits per heavy atom. The Hall–Kier alpha value is -0.790. The summed E-state index contributed by atoms with van der Waals surface area (Å²) in [7, 11) is 0. The molecule has 5 nitrogen and oxygen atoms in total. The molecule has 2 heterocycles. The monoisotopic (exact) mass is 319 g/mol. The largest absolute Gasteiger partial charge is 0.379 e. The normalized spacial score (nSPS) is 24.9. The summed E-state index contributed by atoms with van der Waals surface area (Å²) in [6.07, 6.45) is -1.97. The molecule has 2 saturated heterocycles. The van der Waals surface area contributed by atoms with Crippen molar-refractivity contribution in [3.63, 3.8) is 0 Å². The van der Waals surface area contributed by atoms with Crippen molar-refractivity contribution in [2.24, 2.45) is 5.92 Å². The van der Waals surface area contributed by atoms with Gasteiger partial charge in [0.15, 0.2) is 0 Å². The molecular formula is C15H27F2N3O2. The highest BCUT2D eigenvalue weighted by atomic mass is 19.3. The van der Waals surface area contributed by atoms with Crippen LogP contribution in [0.5, 0.6) is 0 Å². The molecule has 7 heteroatoms. The molecule has 2 fully saturated rings. The van der Waals surface area contributed by atoms with Crippen LogP contribution in [-0.2, 0) is 9.53 Å². The maximum absolute atomic E-state index is 12.2. The number of nitrogens with one attached hydrogen (secondary N) is 1. The summed E-state index contributed by atoms with van der Waals surface area (Å²) in [5.74, 6) is -0.893. The van der Waals surface area contributed by atoms with Crippen LogP contribution in [0.1, 0.15) is 20.3 Å². The van der Waals surface area contributed by atoms with Crippen LogP contribution in [0.2, 0.25) is 0 Å². The molecule has 22 heavy (non-hydrogen) atoms. The molecule has 2 aliphatic heterocycles. The highest BCUT2D eigenvalue weighted by Crippen LogP contribution is 2.22. The molecule has 0 radical (unpaired) electrons. The van der Waals surface area contributed by atoms with E-state index in [2.05, 4.69) is 29.0 Å². The molecule has 1 atom stereocenters. The Bertz CT molecular complexity index is 374. The van der Waals surface area contributed by atoms with Gasteiger partial charge in [-0.2, -0.15) is 8.78 Å². The molecule has 0 aromatic carbocycles. The molecule has 0 spiro atoms. The summed E-state index contributed by atoms with van der Waals surface area (Å²) < 4.78 is 29.7. The van der Waals surface area contributed by atoms with E-state index in [9.17, 15) is 13.6 Å². The quantitative estimate of drug-likeness (QED) is 0.787. The van der Waals surface area contributed by atoms with Crippen LogP contribution in [0.25, 0.3) is 0 Å². The van der Waals surface area contributed by atoms with Gasteiger partial charge in [-0.15, -0.1) is 0 Å². The number of rotatable bonds is 6. The van der Waals surface area contributed by atoms with Gasteiger partial charge in [-0.1, -0.05) is 0 Å². The van der Waals surface area contributed by atoms with Gasteiger partial charge in [0.05, 0.1) is 13.2 Å². The van der Waals surface area contributed by atoms with Crippen molar-refractivity contribution in [3.8, 4) is 0 Å².